The van der Waals surface area contributed by atoms with E-state index >= 15 is 0 Å². The van der Waals surface area contributed by atoms with E-state index in [4.69, 9.17) is 9.47 Å². The molecule has 0 aliphatic carbocycles. The number of benzene rings is 2. The molecule has 1 heterocycles. The van der Waals surface area contributed by atoms with Gasteiger partial charge in [-0.25, -0.2) is 9.78 Å². The SMILES string of the molecule is COc1ccc(-c2nc(C(=O)OCc3ccc([N+](=O)[O-])cc3)cs2)cc1. The summed E-state index contributed by atoms with van der Waals surface area (Å²) in [4.78, 5) is 26.6. The Morgan fingerprint density at radius 3 is 2.46 bits per heavy atom. The predicted octanol–water partition coefficient (Wildman–Crippen LogP) is 4.08. The second-order valence-electron chi connectivity index (χ2n) is 5.27. The number of thiazole rings is 1. The van der Waals surface area contributed by atoms with Gasteiger partial charge in [-0.3, -0.25) is 10.1 Å². The van der Waals surface area contributed by atoms with Gasteiger partial charge >= 0.3 is 5.97 Å². The normalized spacial score (nSPS) is 10.3. The lowest BCUT2D eigenvalue weighted by molar-refractivity contribution is -0.384. The van der Waals surface area contributed by atoms with Gasteiger partial charge in [0.25, 0.3) is 5.69 Å². The molecule has 1 aromatic heterocycles. The van der Waals surface area contributed by atoms with Crippen LogP contribution in [0.4, 0.5) is 5.69 Å². The molecule has 132 valence electrons. The van der Waals surface area contributed by atoms with Gasteiger partial charge in [0.15, 0.2) is 5.69 Å². The first kappa shape index (κ1) is 17.6. The monoisotopic (exact) mass is 370 g/mol. The second-order valence-corrected chi connectivity index (χ2v) is 6.12. The Kier molecular flexibility index (Phi) is 5.23. The van der Waals surface area contributed by atoms with Crippen LogP contribution in [0.15, 0.2) is 53.9 Å². The molecule has 26 heavy (non-hydrogen) atoms. The first-order valence-corrected chi connectivity index (χ1v) is 8.45. The average Bonchev–Trinajstić information content (AvgIpc) is 3.17. The van der Waals surface area contributed by atoms with Crippen LogP contribution in [-0.4, -0.2) is 23.0 Å². The molecule has 0 aliphatic rings. The molecule has 0 radical (unpaired) electrons. The van der Waals surface area contributed by atoms with Gasteiger partial charge in [0.05, 0.1) is 12.0 Å². The van der Waals surface area contributed by atoms with Gasteiger partial charge in [0, 0.05) is 23.1 Å². The minimum absolute atomic E-state index is 0.0105. The molecule has 3 aromatic rings. The van der Waals surface area contributed by atoms with Crippen molar-refractivity contribution in [2.45, 2.75) is 6.61 Å². The molecule has 3 rings (SSSR count). The summed E-state index contributed by atoms with van der Waals surface area (Å²) >= 11 is 1.34. The van der Waals surface area contributed by atoms with Gasteiger partial charge in [0.1, 0.15) is 17.4 Å². The van der Waals surface area contributed by atoms with Crippen LogP contribution in [0.5, 0.6) is 5.75 Å². The van der Waals surface area contributed by atoms with Crippen molar-refractivity contribution >= 4 is 23.0 Å². The first-order valence-electron chi connectivity index (χ1n) is 7.57. The van der Waals surface area contributed by atoms with Crippen LogP contribution in [0, 0.1) is 10.1 Å². The molecular weight excluding hydrogens is 356 g/mol. The topological polar surface area (TPSA) is 91.6 Å². The Labute approximate surface area is 153 Å². The third-order valence-electron chi connectivity index (χ3n) is 3.57. The number of hydrogen-bond donors (Lipinski definition) is 0. The molecule has 0 N–H and O–H groups in total. The van der Waals surface area contributed by atoms with E-state index in [2.05, 4.69) is 4.98 Å². The van der Waals surface area contributed by atoms with E-state index in [-0.39, 0.29) is 18.0 Å². The lowest BCUT2D eigenvalue weighted by Crippen LogP contribution is -2.05. The minimum atomic E-state index is -0.542. The summed E-state index contributed by atoms with van der Waals surface area (Å²) in [6.45, 7) is 0.0201. The van der Waals surface area contributed by atoms with Gasteiger partial charge in [-0.15, -0.1) is 11.3 Å². The van der Waals surface area contributed by atoms with Gasteiger partial charge in [-0.2, -0.15) is 0 Å². The van der Waals surface area contributed by atoms with E-state index in [1.54, 1.807) is 24.6 Å². The number of ether oxygens (including phenoxy) is 2. The smallest absolute Gasteiger partial charge is 0.358 e. The molecule has 0 fully saturated rings. The standard InChI is InChI=1S/C18H14N2O5S/c1-24-15-8-4-13(5-9-15)17-19-16(11-26-17)18(21)25-10-12-2-6-14(7-3-12)20(22)23/h2-9,11H,10H2,1H3. The Hall–Kier alpha value is -3.26. The number of non-ortho nitro benzene ring substituents is 1. The van der Waals surface area contributed by atoms with E-state index in [1.165, 1.54) is 23.5 Å². The number of nitro groups is 1. The summed E-state index contributed by atoms with van der Waals surface area (Å²) in [5, 5.41) is 13.0. The lowest BCUT2D eigenvalue weighted by atomic mass is 10.2. The molecule has 0 saturated heterocycles. The number of hydrogen-bond acceptors (Lipinski definition) is 7. The fourth-order valence-corrected chi connectivity index (χ4v) is 2.97. The fourth-order valence-electron chi connectivity index (χ4n) is 2.17. The fraction of sp³-hybridized carbons (Fsp3) is 0.111. The number of aromatic nitrogens is 1. The number of methoxy groups -OCH3 is 1. The minimum Gasteiger partial charge on any atom is -0.497 e. The highest BCUT2D eigenvalue weighted by Gasteiger charge is 2.14. The summed E-state index contributed by atoms with van der Waals surface area (Å²) in [7, 11) is 1.59. The molecule has 2 aromatic carbocycles. The maximum absolute atomic E-state index is 12.1. The van der Waals surface area contributed by atoms with Crippen molar-refractivity contribution in [1.82, 2.24) is 4.98 Å². The number of esters is 1. The van der Waals surface area contributed by atoms with Crippen molar-refractivity contribution in [1.29, 1.82) is 0 Å². The van der Waals surface area contributed by atoms with Crippen LogP contribution in [-0.2, 0) is 11.3 Å². The highest BCUT2D eigenvalue weighted by molar-refractivity contribution is 7.13. The summed E-state index contributed by atoms with van der Waals surface area (Å²) in [6.07, 6.45) is 0. The summed E-state index contributed by atoms with van der Waals surface area (Å²) in [6, 6.07) is 13.2. The highest BCUT2D eigenvalue weighted by atomic mass is 32.1. The van der Waals surface area contributed by atoms with Crippen LogP contribution in [0.2, 0.25) is 0 Å². The Balaban J connectivity index is 1.63. The molecule has 7 nitrogen and oxygen atoms in total. The molecule has 8 heteroatoms. The number of rotatable bonds is 6. The van der Waals surface area contributed by atoms with Crippen LogP contribution >= 0.6 is 11.3 Å². The summed E-state index contributed by atoms with van der Waals surface area (Å²) in [5.41, 5.74) is 1.76. The second kappa shape index (κ2) is 7.75. The highest BCUT2D eigenvalue weighted by Crippen LogP contribution is 2.26. The molecule has 0 amide bonds. The van der Waals surface area contributed by atoms with Crippen molar-refractivity contribution < 1.29 is 19.2 Å². The van der Waals surface area contributed by atoms with Gasteiger partial charge in [0.2, 0.25) is 0 Å². The van der Waals surface area contributed by atoms with Crippen LogP contribution in [0.1, 0.15) is 16.1 Å². The maximum atomic E-state index is 12.1. The van der Waals surface area contributed by atoms with E-state index in [1.807, 2.05) is 24.3 Å². The van der Waals surface area contributed by atoms with Crippen LogP contribution in [0.25, 0.3) is 10.6 Å². The molecule has 0 aliphatic heterocycles. The van der Waals surface area contributed by atoms with Crippen molar-refractivity contribution in [3.05, 3.63) is 75.3 Å². The molecule has 0 unspecified atom stereocenters. The Bertz CT molecular complexity index is 920. The Morgan fingerprint density at radius 1 is 1.15 bits per heavy atom. The number of carbonyl (C=O) groups excluding carboxylic acids is 1. The van der Waals surface area contributed by atoms with E-state index in [0.717, 1.165) is 11.3 Å². The zero-order valence-corrected chi connectivity index (χ0v) is 14.6. The van der Waals surface area contributed by atoms with Crippen molar-refractivity contribution in [3.8, 4) is 16.3 Å². The van der Waals surface area contributed by atoms with E-state index < -0.39 is 10.9 Å². The van der Waals surface area contributed by atoms with Crippen LogP contribution in [0.3, 0.4) is 0 Å². The van der Waals surface area contributed by atoms with E-state index in [0.29, 0.717) is 10.6 Å². The summed E-state index contributed by atoms with van der Waals surface area (Å²) in [5.74, 6) is 0.201. The molecule has 0 saturated carbocycles. The van der Waals surface area contributed by atoms with E-state index in [9.17, 15) is 14.9 Å². The maximum Gasteiger partial charge on any atom is 0.358 e. The number of nitrogens with zero attached hydrogens (tertiary/aromatic N) is 2. The Morgan fingerprint density at radius 2 is 1.85 bits per heavy atom. The van der Waals surface area contributed by atoms with Crippen LogP contribution < -0.4 is 4.74 Å². The number of carbonyl (C=O) groups is 1. The first-order chi connectivity index (χ1) is 12.6. The zero-order chi connectivity index (χ0) is 18.5. The van der Waals surface area contributed by atoms with Crippen molar-refractivity contribution in [2.75, 3.05) is 7.11 Å². The average molecular weight is 370 g/mol. The van der Waals surface area contributed by atoms with Gasteiger partial charge in [-0.1, -0.05) is 0 Å². The molecular formula is C18H14N2O5S. The summed E-state index contributed by atoms with van der Waals surface area (Å²) < 4.78 is 10.3. The number of nitro benzene ring substituents is 1. The molecule has 0 spiro atoms. The molecule has 0 bridgehead atoms. The third-order valence-corrected chi connectivity index (χ3v) is 4.46. The lowest BCUT2D eigenvalue weighted by Gasteiger charge is -2.03. The predicted molar refractivity (Wildman–Crippen MR) is 96.3 cm³/mol. The quantitative estimate of drug-likeness (QED) is 0.369. The largest absolute Gasteiger partial charge is 0.497 e. The molecule has 0 atom stereocenters. The van der Waals surface area contributed by atoms with Crippen molar-refractivity contribution in [2.24, 2.45) is 0 Å². The van der Waals surface area contributed by atoms with Gasteiger partial charge < -0.3 is 9.47 Å². The zero-order valence-electron chi connectivity index (χ0n) is 13.7. The third kappa shape index (κ3) is 4.04. The van der Waals surface area contributed by atoms with Gasteiger partial charge in [-0.05, 0) is 42.0 Å². The van der Waals surface area contributed by atoms with Crippen molar-refractivity contribution in [3.63, 3.8) is 0 Å².